The summed E-state index contributed by atoms with van der Waals surface area (Å²) < 4.78 is 18.5. The first-order valence-corrected chi connectivity index (χ1v) is 9.48. The highest BCUT2D eigenvalue weighted by Gasteiger charge is 2.36. The van der Waals surface area contributed by atoms with E-state index < -0.39 is 0 Å². The van der Waals surface area contributed by atoms with Crippen LogP contribution in [0, 0.1) is 23.6 Å². The fourth-order valence-electron chi connectivity index (χ4n) is 3.56. The molecule has 3 aromatic rings. The lowest BCUT2D eigenvalue weighted by atomic mass is 9.77. The highest BCUT2D eigenvalue weighted by Crippen LogP contribution is 2.38. The lowest BCUT2D eigenvalue weighted by molar-refractivity contribution is -0.144. The Morgan fingerprint density at radius 3 is 2.17 bits per heavy atom. The fraction of sp³-hybridized carbons (Fsp3) is 0.115. The van der Waals surface area contributed by atoms with E-state index in [4.69, 9.17) is 4.74 Å². The van der Waals surface area contributed by atoms with Gasteiger partial charge >= 0.3 is 5.97 Å². The van der Waals surface area contributed by atoms with Crippen molar-refractivity contribution in [3.8, 4) is 11.8 Å². The number of benzene rings is 3. The molecular formula is C26H19FO2. The summed E-state index contributed by atoms with van der Waals surface area (Å²) >= 11 is 0. The summed E-state index contributed by atoms with van der Waals surface area (Å²) in [5, 5.41) is 0. The molecule has 0 N–H and O–H groups in total. The van der Waals surface area contributed by atoms with Gasteiger partial charge in [-0.1, -0.05) is 72.5 Å². The van der Waals surface area contributed by atoms with Crippen LogP contribution in [0.1, 0.15) is 22.6 Å². The van der Waals surface area contributed by atoms with Crippen LogP contribution < -0.4 is 0 Å². The number of esters is 1. The van der Waals surface area contributed by atoms with E-state index in [9.17, 15) is 9.18 Å². The maximum atomic E-state index is 13.1. The minimum Gasteiger partial charge on any atom is -0.433 e. The van der Waals surface area contributed by atoms with Gasteiger partial charge in [0.25, 0.3) is 0 Å². The lowest BCUT2D eigenvalue weighted by Crippen LogP contribution is -2.30. The SMILES string of the molecule is O=C1OC=C(C#Cc2ccc(F)cc2)[C@@H](c2ccccc2)[C@@H]1Cc1ccccc1. The number of halogens is 1. The molecule has 2 atom stereocenters. The predicted molar refractivity (Wildman–Crippen MR) is 110 cm³/mol. The Balaban J connectivity index is 1.71. The minimum absolute atomic E-state index is 0.203. The van der Waals surface area contributed by atoms with Crippen LogP contribution in [-0.2, 0) is 16.0 Å². The van der Waals surface area contributed by atoms with Crippen molar-refractivity contribution in [1.82, 2.24) is 0 Å². The maximum absolute atomic E-state index is 13.1. The van der Waals surface area contributed by atoms with Gasteiger partial charge in [0, 0.05) is 17.1 Å². The lowest BCUT2D eigenvalue weighted by Gasteiger charge is -2.29. The molecule has 1 heterocycles. The summed E-state index contributed by atoms with van der Waals surface area (Å²) in [5.74, 6) is 5.09. The van der Waals surface area contributed by atoms with E-state index in [1.54, 1.807) is 12.1 Å². The highest BCUT2D eigenvalue weighted by molar-refractivity contribution is 5.78. The van der Waals surface area contributed by atoms with Gasteiger partial charge in [0.1, 0.15) is 12.1 Å². The molecule has 0 unspecified atom stereocenters. The average Bonchev–Trinajstić information content (AvgIpc) is 2.76. The van der Waals surface area contributed by atoms with Gasteiger partial charge in [0.05, 0.1) is 5.92 Å². The molecule has 1 aliphatic rings. The van der Waals surface area contributed by atoms with E-state index in [2.05, 4.69) is 11.8 Å². The van der Waals surface area contributed by atoms with Crippen molar-refractivity contribution in [2.45, 2.75) is 12.3 Å². The molecule has 3 aromatic carbocycles. The quantitative estimate of drug-likeness (QED) is 0.456. The van der Waals surface area contributed by atoms with Gasteiger partial charge in [-0.25, -0.2) is 4.39 Å². The van der Waals surface area contributed by atoms with Crippen LogP contribution in [0.2, 0.25) is 0 Å². The van der Waals surface area contributed by atoms with Gasteiger partial charge in [-0.05, 0) is 41.8 Å². The maximum Gasteiger partial charge on any atom is 0.315 e. The minimum atomic E-state index is -0.373. The highest BCUT2D eigenvalue weighted by atomic mass is 19.1. The van der Waals surface area contributed by atoms with E-state index in [0.717, 1.165) is 16.7 Å². The van der Waals surface area contributed by atoms with Crippen molar-refractivity contribution in [2.75, 3.05) is 0 Å². The number of rotatable bonds is 3. The Morgan fingerprint density at radius 2 is 1.48 bits per heavy atom. The molecule has 0 saturated heterocycles. The van der Waals surface area contributed by atoms with Crippen LogP contribution in [0.15, 0.2) is 96.8 Å². The second-order valence-electron chi connectivity index (χ2n) is 6.95. The van der Waals surface area contributed by atoms with Gasteiger partial charge in [0.2, 0.25) is 0 Å². The Bertz CT molecular complexity index is 1070. The van der Waals surface area contributed by atoms with E-state index in [0.29, 0.717) is 12.0 Å². The van der Waals surface area contributed by atoms with Crippen molar-refractivity contribution in [3.63, 3.8) is 0 Å². The number of allylic oxidation sites excluding steroid dienone is 1. The second kappa shape index (κ2) is 8.58. The number of carbonyl (C=O) groups is 1. The molecule has 3 heteroatoms. The molecule has 0 radical (unpaired) electrons. The summed E-state index contributed by atoms with van der Waals surface area (Å²) in [5.41, 5.74) is 3.53. The molecule has 0 spiro atoms. The molecule has 2 nitrogen and oxygen atoms in total. The Labute approximate surface area is 169 Å². The zero-order valence-corrected chi connectivity index (χ0v) is 15.7. The molecular weight excluding hydrogens is 363 g/mol. The summed E-state index contributed by atoms with van der Waals surface area (Å²) in [7, 11) is 0. The molecule has 0 aromatic heterocycles. The molecule has 142 valence electrons. The standard InChI is InChI=1S/C26H19FO2/c27-23-15-12-19(13-16-23)11-14-22-18-29-26(28)24(17-20-7-3-1-4-8-20)25(22)21-9-5-2-6-10-21/h1-10,12-13,15-16,18,24-25H,17H2/t24-,25+/m0/s1. The van der Waals surface area contributed by atoms with Crippen LogP contribution in [-0.4, -0.2) is 5.97 Å². The summed E-state index contributed by atoms with van der Waals surface area (Å²) in [6.45, 7) is 0. The zero-order chi connectivity index (χ0) is 20.1. The molecule has 0 amide bonds. The summed E-state index contributed by atoms with van der Waals surface area (Å²) in [4.78, 5) is 12.7. The van der Waals surface area contributed by atoms with Crippen LogP contribution >= 0.6 is 0 Å². The second-order valence-corrected chi connectivity index (χ2v) is 6.95. The molecule has 29 heavy (non-hydrogen) atoms. The van der Waals surface area contributed by atoms with Gasteiger partial charge in [0.15, 0.2) is 0 Å². The third kappa shape index (κ3) is 4.44. The van der Waals surface area contributed by atoms with Gasteiger partial charge in [-0.15, -0.1) is 0 Å². The molecule has 0 bridgehead atoms. The van der Waals surface area contributed by atoms with Crippen molar-refractivity contribution >= 4 is 5.97 Å². The number of cyclic esters (lactones) is 1. The third-order valence-corrected chi connectivity index (χ3v) is 4.99. The van der Waals surface area contributed by atoms with Crippen molar-refractivity contribution in [1.29, 1.82) is 0 Å². The molecule has 4 rings (SSSR count). The molecule has 0 saturated carbocycles. The van der Waals surface area contributed by atoms with Gasteiger partial charge in [-0.3, -0.25) is 4.79 Å². The first-order valence-electron chi connectivity index (χ1n) is 9.48. The van der Waals surface area contributed by atoms with Gasteiger partial charge < -0.3 is 4.74 Å². The van der Waals surface area contributed by atoms with Crippen LogP contribution in [0.3, 0.4) is 0 Å². The average molecular weight is 382 g/mol. The Hall–Kier alpha value is -3.64. The monoisotopic (exact) mass is 382 g/mol. The van der Waals surface area contributed by atoms with Crippen LogP contribution in [0.5, 0.6) is 0 Å². The first-order chi connectivity index (χ1) is 14.2. The summed E-state index contributed by atoms with van der Waals surface area (Å²) in [6, 6.07) is 25.8. The zero-order valence-electron chi connectivity index (χ0n) is 15.7. The summed E-state index contributed by atoms with van der Waals surface area (Å²) in [6.07, 6.45) is 2.02. The number of ether oxygens (including phenoxy) is 1. The van der Waals surface area contributed by atoms with E-state index in [1.165, 1.54) is 18.4 Å². The van der Waals surface area contributed by atoms with Crippen molar-refractivity contribution < 1.29 is 13.9 Å². The molecule has 0 aliphatic carbocycles. The van der Waals surface area contributed by atoms with Crippen molar-refractivity contribution in [3.05, 3.63) is 119 Å². The smallest absolute Gasteiger partial charge is 0.315 e. The predicted octanol–water partition coefficient (Wildman–Crippen LogP) is 5.26. The van der Waals surface area contributed by atoms with E-state index in [-0.39, 0.29) is 23.6 Å². The van der Waals surface area contributed by atoms with E-state index in [1.807, 2.05) is 60.7 Å². The third-order valence-electron chi connectivity index (χ3n) is 4.99. The number of carbonyl (C=O) groups excluding carboxylic acids is 1. The largest absolute Gasteiger partial charge is 0.433 e. The van der Waals surface area contributed by atoms with Crippen LogP contribution in [0.4, 0.5) is 4.39 Å². The van der Waals surface area contributed by atoms with Gasteiger partial charge in [-0.2, -0.15) is 0 Å². The number of hydrogen-bond acceptors (Lipinski definition) is 2. The fourth-order valence-corrected chi connectivity index (χ4v) is 3.56. The Kier molecular flexibility index (Phi) is 5.54. The molecule has 1 aliphatic heterocycles. The number of hydrogen-bond donors (Lipinski definition) is 0. The van der Waals surface area contributed by atoms with Crippen LogP contribution in [0.25, 0.3) is 0 Å². The van der Waals surface area contributed by atoms with Crippen molar-refractivity contribution in [2.24, 2.45) is 5.92 Å². The topological polar surface area (TPSA) is 26.3 Å². The van der Waals surface area contributed by atoms with E-state index >= 15 is 0 Å². The first kappa shape index (κ1) is 18.7. The Morgan fingerprint density at radius 1 is 0.828 bits per heavy atom. The normalized spacial score (nSPS) is 18.2. The molecule has 0 fully saturated rings.